The number of phosphoric ester groups is 1. The predicted molar refractivity (Wildman–Crippen MR) is 134 cm³/mol. The van der Waals surface area contributed by atoms with E-state index in [4.69, 9.17) is 18.9 Å². The van der Waals surface area contributed by atoms with Crippen molar-refractivity contribution in [2.75, 3.05) is 38.3 Å². The normalized spacial score (nSPS) is 13.6. The molecule has 0 unspecified atom stereocenters. The molecule has 42 heavy (non-hydrogen) atoms. The molecule has 3 aromatic rings. The molecule has 1 N–H and O–H groups in total. The van der Waals surface area contributed by atoms with E-state index in [9.17, 15) is 23.5 Å². The first-order valence-corrected chi connectivity index (χ1v) is 13.1. The number of carbonyl (C=O) groups excluding carboxylic acids is 1. The van der Waals surface area contributed by atoms with Crippen molar-refractivity contribution in [1.82, 2.24) is 15.0 Å². The van der Waals surface area contributed by atoms with Gasteiger partial charge in [0.25, 0.3) is 5.91 Å². The van der Waals surface area contributed by atoms with E-state index in [1.54, 1.807) is 12.1 Å². The number of aromatic nitrogens is 3. The largest absolute Gasteiger partial charge is 1.00 e. The molecule has 0 saturated carbocycles. The Kier molecular flexibility index (Phi) is 12.6. The van der Waals surface area contributed by atoms with Gasteiger partial charge in [-0.1, -0.05) is 0 Å². The van der Waals surface area contributed by atoms with Crippen LogP contribution < -0.4 is 98.1 Å². The fourth-order valence-corrected chi connectivity index (χ4v) is 4.13. The summed E-state index contributed by atoms with van der Waals surface area (Å²) in [6, 6.07) is 6.26. The van der Waals surface area contributed by atoms with Crippen molar-refractivity contribution in [1.29, 1.82) is 0 Å². The molecule has 0 spiro atoms. The Morgan fingerprint density at radius 1 is 1.07 bits per heavy atom. The van der Waals surface area contributed by atoms with Crippen LogP contribution >= 0.6 is 7.82 Å². The third kappa shape index (κ3) is 8.32. The number of halogens is 1. The molecule has 1 amide bonds. The molecule has 4 rings (SSSR count). The first-order chi connectivity index (χ1) is 18.8. The first kappa shape index (κ1) is 36.2. The van der Waals surface area contributed by atoms with Crippen LogP contribution in [0.5, 0.6) is 23.0 Å². The van der Waals surface area contributed by atoms with Crippen LogP contribution in [0.2, 0.25) is 0 Å². The van der Waals surface area contributed by atoms with E-state index in [0.29, 0.717) is 22.9 Å². The molecule has 1 aliphatic rings. The summed E-state index contributed by atoms with van der Waals surface area (Å²) in [5.41, 5.74) is -0.695. The number of pyridine rings is 1. The van der Waals surface area contributed by atoms with E-state index < -0.39 is 31.9 Å². The quantitative estimate of drug-likeness (QED) is 0.169. The third-order valence-electron chi connectivity index (χ3n) is 5.71. The Morgan fingerprint density at radius 3 is 2.29 bits per heavy atom. The number of nitrogens with zero attached hydrogens (tertiary/aromatic N) is 4. The van der Waals surface area contributed by atoms with E-state index in [-0.39, 0.29) is 94.4 Å². The second-order valence-corrected chi connectivity index (χ2v) is 10.0. The number of benzene rings is 1. The number of anilines is 3. The third-order valence-corrected chi connectivity index (χ3v) is 6.14. The maximum atomic E-state index is 14.7. The maximum absolute atomic E-state index is 14.7. The van der Waals surface area contributed by atoms with Gasteiger partial charge in [0.1, 0.15) is 6.73 Å². The van der Waals surface area contributed by atoms with E-state index in [1.807, 2.05) is 0 Å². The van der Waals surface area contributed by atoms with E-state index in [1.165, 1.54) is 47.3 Å². The van der Waals surface area contributed by atoms with Crippen LogP contribution in [0.15, 0.2) is 30.5 Å². The van der Waals surface area contributed by atoms with Crippen molar-refractivity contribution in [3.05, 3.63) is 47.7 Å². The van der Waals surface area contributed by atoms with Gasteiger partial charge in [0.05, 0.1) is 41.0 Å². The molecule has 214 valence electrons. The van der Waals surface area contributed by atoms with Gasteiger partial charge in [-0.3, -0.25) is 9.69 Å². The van der Waals surface area contributed by atoms with Crippen LogP contribution in [0.1, 0.15) is 25.2 Å². The van der Waals surface area contributed by atoms with Crippen LogP contribution in [-0.2, 0) is 20.3 Å². The fraction of sp³-hybridized carbons (Fsp3) is 0.333. The number of fused-ring (bicyclic) bond motifs is 1. The zero-order valence-electron chi connectivity index (χ0n) is 24.1. The molecule has 1 aromatic carbocycles. The molecule has 1 aliphatic heterocycles. The van der Waals surface area contributed by atoms with Crippen LogP contribution in [0.3, 0.4) is 0 Å². The molecule has 0 aliphatic carbocycles. The molecule has 3 heterocycles. The monoisotopic (exact) mass is 623 g/mol. The summed E-state index contributed by atoms with van der Waals surface area (Å²) >= 11 is 0. The van der Waals surface area contributed by atoms with Gasteiger partial charge in [-0.15, -0.1) is 0 Å². The number of hydrogen-bond donors (Lipinski definition) is 1. The Hall–Kier alpha value is -2.04. The summed E-state index contributed by atoms with van der Waals surface area (Å²) in [5, 5.41) is 2.96. The number of rotatable bonds is 10. The Labute approximate surface area is 285 Å². The minimum absolute atomic E-state index is 0. The number of ether oxygens (including phenoxy) is 4. The predicted octanol–water partition coefficient (Wildman–Crippen LogP) is -4.31. The van der Waals surface area contributed by atoms with Gasteiger partial charge in [-0.25, -0.2) is 19.3 Å². The SMILES string of the molecule is COc1cc(Nc2ncc(F)c(Cc3ccc4c(n3)N(COP(=O)([O-])[O-])C(=O)C(C)(C)O4)n2)cc(OC)c1OC.[Na+].[Na+]. The number of nitrogens with one attached hydrogen (secondary N) is 1. The Morgan fingerprint density at radius 2 is 1.71 bits per heavy atom. The summed E-state index contributed by atoms with van der Waals surface area (Å²) in [5.74, 6) is -0.177. The average Bonchev–Trinajstić information content (AvgIpc) is 2.89. The van der Waals surface area contributed by atoms with Crippen molar-refractivity contribution in [2.24, 2.45) is 0 Å². The fourth-order valence-electron chi connectivity index (χ4n) is 3.87. The van der Waals surface area contributed by atoms with Gasteiger partial charge in [0.2, 0.25) is 11.7 Å². The molecular formula is C24H25FN5Na2O9P. The van der Waals surface area contributed by atoms with Crippen molar-refractivity contribution < 1.29 is 106 Å². The molecule has 2 aromatic heterocycles. The number of phosphoric acid groups is 1. The summed E-state index contributed by atoms with van der Waals surface area (Å²) in [4.78, 5) is 48.4. The molecule has 0 fully saturated rings. The van der Waals surface area contributed by atoms with E-state index >= 15 is 0 Å². The molecule has 0 radical (unpaired) electrons. The van der Waals surface area contributed by atoms with Gasteiger partial charge in [-0.05, 0) is 26.0 Å². The van der Waals surface area contributed by atoms with Crippen LogP contribution in [0, 0.1) is 5.82 Å². The van der Waals surface area contributed by atoms with E-state index in [0.717, 1.165) is 11.1 Å². The standard InChI is InChI=1S/C24H27FN5O9P.2Na/c1-24(2)22(31)30(12-38-40(32,33)34)21-17(39-24)7-6-13(27-21)8-16-15(25)11-26-23(29-16)28-14-9-18(35-3)20(37-5)19(10-14)36-4;;/h6-7,9-11H,8,12H2,1-5H3,(H,26,28,29)(H2,32,33,34);;/q;2*+1/p-2. The number of amides is 1. The van der Waals surface area contributed by atoms with Crippen LogP contribution in [-0.4, -0.2) is 54.5 Å². The maximum Gasteiger partial charge on any atom is 1.00 e. The Balaban J connectivity index is 0.00000308. The minimum atomic E-state index is -5.39. The average molecular weight is 623 g/mol. The second-order valence-electron chi connectivity index (χ2n) is 8.88. The summed E-state index contributed by atoms with van der Waals surface area (Å²) in [7, 11) is -0.995. The van der Waals surface area contributed by atoms with Crippen molar-refractivity contribution in [3.63, 3.8) is 0 Å². The second kappa shape index (κ2) is 14.6. The molecule has 14 nitrogen and oxygen atoms in total. The van der Waals surface area contributed by atoms with Gasteiger partial charge < -0.3 is 43.1 Å². The summed E-state index contributed by atoms with van der Waals surface area (Å²) in [6.45, 7) is 2.03. The molecule has 18 heteroatoms. The molecule has 0 atom stereocenters. The number of carbonyl (C=O) groups is 1. The minimum Gasteiger partial charge on any atom is -0.790 e. The number of hydrogen-bond acceptors (Lipinski definition) is 13. The summed E-state index contributed by atoms with van der Waals surface area (Å²) < 4.78 is 51.8. The molecular weight excluding hydrogens is 598 g/mol. The summed E-state index contributed by atoms with van der Waals surface area (Å²) in [6.07, 6.45) is 0.843. The van der Waals surface area contributed by atoms with Crippen molar-refractivity contribution >= 4 is 31.2 Å². The zero-order chi connectivity index (χ0) is 29.2. The Bertz CT molecular complexity index is 1470. The van der Waals surface area contributed by atoms with Crippen LogP contribution in [0.4, 0.5) is 21.8 Å². The van der Waals surface area contributed by atoms with Crippen molar-refractivity contribution in [2.45, 2.75) is 25.9 Å². The smallest absolute Gasteiger partial charge is 0.790 e. The topological polar surface area (TPSA) is 180 Å². The van der Waals surface area contributed by atoms with Crippen LogP contribution in [0.25, 0.3) is 0 Å². The van der Waals surface area contributed by atoms with E-state index in [2.05, 4.69) is 24.8 Å². The molecule has 0 bridgehead atoms. The van der Waals surface area contributed by atoms with Gasteiger partial charge >= 0.3 is 59.1 Å². The zero-order valence-corrected chi connectivity index (χ0v) is 29.0. The molecule has 0 saturated heterocycles. The first-order valence-electron chi connectivity index (χ1n) is 11.6. The van der Waals surface area contributed by atoms with Gasteiger partial charge in [0, 0.05) is 29.9 Å². The van der Waals surface area contributed by atoms with Crippen molar-refractivity contribution in [3.8, 4) is 23.0 Å². The van der Waals surface area contributed by atoms with Gasteiger partial charge in [0.15, 0.2) is 34.5 Å². The number of methoxy groups -OCH3 is 3. The van der Waals surface area contributed by atoms with Gasteiger partial charge in [-0.2, -0.15) is 0 Å².